The molecule has 0 aliphatic carbocycles. The topological polar surface area (TPSA) is 237 Å². The number of phosphoric acid groups is 2. The van der Waals surface area contributed by atoms with Crippen molar-refractivity contribution in [2.24, 2.45) is 0 Å². The monoisotopic (exact) mass is 1500 g/mol. The van der Waals surface area contributed by atoms with Gasteiger partial charge in [-0.05, 0) is 103 Å². The van der Waals surface area contributed by atoms with Crippen molar-refractivity contribution in [1.29, 1.82) is 0 Å². The minimum Gasteiger partial charge on any atom is -0.462 e. The predicted molar refractivity (Wildman–Crippen MR) is 427 cm³/mol. The number of rotatable bonds is 75. The molecule has 0 bridgehead atoms. The number of phosphoric ester groups is 2. The van der Waals surface area contributed by atoms with Crippen LogP contribution in [0.3, 0.4) is 0 Å². The van der Waals surface area contributed by atoms with Crippen LogP contribution in [0.25, 0.3) is 0 Å². The molecule has 0 rings (SSSR count). The summed E-state index contributed by atoms with van der Waals surface area (Å²) in [6, 6.07) is 0. The van der Waals surface area contributed by atoms with Gasteiger partial charge in [-0.1, -0.05) is 328 Å². The number of carbonyl (C=O) groups is 4. The lowest BCUT2D eigenvalue weighted by molar-refractivity contribution is -0.161. The molecule has 0 aliphatic heterocycles. The molecule has 0 aromatic heterocycles. The van der Waals surface area contributed by atoms with Gasteiger partial charge in [0.1, 0.15) is 19.3 Å². The highest BCUT2D eigenvalue weighted by Gasteiger charge is 2.30. The third kappa shape index (κ3) is 75.4. The molecule has 596 valence electrons. The summed E-state index contributed by atoms with van der Waals surface area (Å²) >= 11 is 0. The molecular formula is C85H144O17P2. The second-order valence-electron chi connectivity index (χ2n) is 26.6. The number of aliphatic hydroxyl groups excluding tert-OH is 1. The number of hydrogen-bond acceptors (Lipinski definition) is 15. The van der Waals surface area contributed by atoms with Crippen molar-refractivity contribution in [3.63, 3.8) is 0 Å². The largest absolute Gasteiger partial charge is 0.472 e. The Morgan fingerprint density at radius 1 is 0.279 bits per heavy atom. The molecular weight excluding hydrogens is 1350 g/mol. The van der Waals surface area contributed by atoms with E-state index in [9.17, 15) is 43.2 Å². The van der Waals surface area contributed by atoms with Gasteiger partial charge in [-0.2, -0.15) is 0 Å². The van der Waals surface area contributed by atoms with Crippen molar-refractivity contribution in [3.05, 3.63) is 134 Å². The molecule has 0 amide bonds. The number of aliphatic hydroxyl groups is 1. The Balaban J connectivity index is 5.46. The fourth-order valence-corrected chi connectivity index (χ4v) is 12.1. The Hall–Kier alpha value is -4.80. The molecule has 19 heteroatoms. The van der Waals surface area contributed by atoms with E-state index >= 15 is 0 Å². The molecule has 0 aromatic carbocycles. The van der Waals surface area contributed by atoms with E-state index in [0.717, 1.165) is 109 Å². The van der Waals surface area contributed by atoms with Crippen molar-refractivity contribution in [2.75, 3.05) is 39.6 Å². The van der Waals surface area contributed by atoms with Gasteiger partial charge < -0.3 is 33.8 Å². The molecule has 0 aromatic rings. The third-order valence-electron chi connectivity index (χ3n) is 16.7. The maximum atomic E-state index is 13.1. The van der Waals surface area contributed by atoms with Crippen LogP contribution in [0.5, 0.6) is 0 Å². The first-order chi connectivity index (χ1) is 50.7. The zero-order valence-electron chi connectivity index (χ0n) is 65.2. The molecule has 104 heavy (non-hydrogen) atoms. The molecule has 0 aliphatic rings. The zero-order valence-corrected chi connectivity index (χ0v) is 66.9. The van der Waals surface area contributed by atoms with Gasteiger partial charge in [-0.3, -0.25) is 37.3 Å². The average Bonchev–Trinajstić information content (AvgIpc) is 0.926. The minimum absolute atomic E-state index is 0.0302. The molecule has 5 atom stereocenters. The van der Waals surface area contributed by atoms with Gasteiger partial charge in [0, 0.05) is 25.7 Å². The number of allylic oxidation sites excluding steroid dienone is 22. The van der Waals surface area contributed by atoms with Crippen molar-refractivity contribution < 1.29 is 80.2 Å². The Labute approximate surface area is 631 Å². The van der Waals surface area contributed by atoms with Gasteiger partial charge in [0.25, 0.3) is 0 Å². The van der Waals surface area contributed by atoms with E-state index in [1.165, 1.54) is 122 Å². The Morgan fingerprint density at radius 2 is 0.519 bits per heavy atom. The van der Waals surface area contributed by atoms with Gasteiger partial charge >= 0.3 is 39.5 Å². The lowest BCUT2D eigenvalue weighted by Gasteiger charge is -2.21. The van der Waals surface area contributed by atoms with E-state index in [2.05, 4.69) is 125 Å². The van der Waals surface area contributed by atoms with Crippen LogP contribution in [0.4, 0.5) is 0 Å². The van der Waals surface area contributed by atoms with E-state index in [0.29, 0.717) is 38.5 Å². The van der Waals surface area contributed by atoms with Crippen LogP contribution in [0, 0.1) is 0 Å². The van der Waals surface area contributed by atoms with Gasteiger partial charge in [0.2, 0.25) is 0 Å². The fourth-order valence-electron chi connectivity index (χ4n) is 10.5. The van der Waals surface area contributed by atoms with Crippen molar-refractivity contribution in [2.45, 2.75) is 341 Å². The summed E-state index contributed by atoms with van der Waals surface area (Å²) in [5.41, 5.74) is 0. The first-order valence-electron chi connectivity index (χ1n) is 40.4. The number of carbonyl (C=O) groups excluding carboxylic acids is 4. The van der Waals surface area contributed by atoms with Crippen LogP contribution in [-0.2, 0) is 65.4 Å². The summed E-state index contributed by atoms with van der Waals surface area (Å²) in [4.78, 5) is 72.9. The molecule has 0 saturated heterocycles. The third-order valence-corrected chi connectivity index (χ3v) is 18.6. The standard InChI is InChI=1S/C85H144O17P2/c1-5-9-13-17-21-25-29-33-35-37-39-41-43-47-50-54-58-62-66-70-83(88)96-76-80(101-84(89)71-67-63-59-55-51-46-32-28-24-20-16-12-8-4)77-99-103(91,92)97-73-79(86)74-98-104(93,94)100-78-81(75-95-82(87)69-65-61-57-53-49-45-31-27-23-19-15-11-7-3)102-85(90)72-68-64-60-56-52-48-44-42-40-38-36-34-30-26-22-18-14-10-6-2/h9,13,21-22,25-26,33-36,39-42,47-48,50,52,58,60,62,64,79-81,86H,5-8,10-12,14-20,23-24,27-32,37-38,43-46,49,51,53-57,59,61,63,65-78H2,1-4H3,(H,91,92)(H,93,94)/b13-9-,25-21-,26-22-,35-33-,36-34-,41-39-,42-40-,50-47-,52-48-,62-58-,64-60-/t79-,80-,81-/m1/s1. The van der Waals surface area contributed by atoms with Crippen molar-refractivity contribution in [1.82, 2.24) is 0 Å². The summed E-state index contributed by atoms with van der Waals surface area (Å²) < 4.78 is 68.4. The number of hydrogen-bond donors (Lipinski definition) is 3. The van der Waals surface area contributed by atoms with Crippen LogP contribution in [0.1, 0.15) is 323 Å². The second-order valence-corrected chi connectivity index (χ2v) is 29.5. The quantitative estimate of drug-likeness (QED) is 0.0169. The van der Waals surface area contributed by atoms with Crippen LogP contribution < -0.4 is 0 Å². The minimum atomic E-state index is -5.00. The van der Waals surface area contributed by atoms with E-state index < -0.39 is 97.5 Å². The number of esters is 4. The van der Waals surface area contributed by atoms with Gasteiger partial charge in [-0.25, -0.2) is 9.13 Å². The van der Waals surface area contributed by atoms with Crippen LogP contribution in [-0.4, -0.2) is 96.7 Å². The molecule has 3 N–H and O–H groups in total. The molecule has 0 spiro atoms. The maximum Gasteiger partial charge on any atom is 0.472 e. The van der Waals surface area contributed by atoms with E-state index in [4.69, 9.17) is 37.0 Å². The second kappa shape index (κ2) is 76.4. The highest BCUT2D eigenvalue weighted by molar-refractivity contribution is 7.47. The van der Waals surface area contributed by atoms with Gasteiger partial charge in [0.15, 0.2) is 12.2 Å². The average molecular weight is 1500 g/mol. The number of unbranched alkanes of at least 4 members (excludes halogenated alkanes) is 27. The zero-order chi connectivity index (χ0) is 76.0. The van der Waals surface area contributed by atoms with Crippen LogP contribution >= 0.6 is 15.6 Å². The molecule has 0 radical (unpaired) electrons. The number of ether oxygens (including phenoxy) is 4. The highest BCUT2D eigenvalue weighted by atomic mass is 31.2. The van der Waals surface area contributed by atoms with Gasteiger partial charge in [0.05, 0.1) is 26.4 Å². The molecule has 0 saturated carbocycles. The molecule has 0 heterocycles. The van der Waals surface area contributed by atoms with Crippen molar-refractivity contribution >= 4 is 39.5 Å². The Morgan fingerprint density at radius 3 is 0.846 bits per heavy atom. The molecule has 17 nitrogen and oxygen atoms in total. The van der Waals surface area contributed by atoms with Crippen LogP contribution in [0.2, 0.25) is 0 Å². The SMILES string of the molecule is CC/C=C\C/C=C\C/C=C\C/C=C\C/C=C\C/C=C\CCC(=O)OC[C@H](COP(=O)(O)OC[C@@H](O)COP(=O)(O)OC[C@@H](COC(=O)CCCCCCCCCCCCCCC)OC(=O)CC/C=C\C/C=C\C/C=C\C/C=C\C/C=C\CCCCC)OC(=O)CCCCCCCCCCCCCCC. The fraction of sp³-hybridized carbons (Fsp3) is 0.694. The summed E-state index contributed by atoms with van der Waals surface area (Å²) in [5.74, 6) is -2.36. The first-order valence-corrected chi connectivity index (χ1v) is 43.4. The Kier molecular flexibility index (Phi) is 72.9. The molecule has 2 unspecified atom stereocenters. The summed E-state index contributed by atoms with van der Waals surface area (Å²) in [5, 5.41) is 10.6. The van der Waals surface area contributed by atoms with Crippen LogP contribution in [0.15, 0.2) is 134 Å². The summed E-state index contributed by atoms with van der Waals surface area (Å²) in [7, 11) is -10.00. The predicted octanol–water partition coefficient (Wildman–Crippen LogP) is 23.7. The van der Waals surface area contributed by atoms with E-state index in [1.54, 1.807) is 0 Å². The highest BCUT2D eigenvalue weighted by Crippen LogP contribution is 2.45. The normalized spacial score (nSPS) is 14.6. The molecule has 0 fully saturated rings. The van der Waals surface area contributed by atoms with Gasteiger partial charge in [-0.15, -0.1) is 0 Å². The van der Waals surface area contributed by atoms with E-state index in [1.807, 2.05) is 36.5 Å². The Bertz CT molecular complexity index is 2490. The van der Waals surface area contributed by atoms with E-state index in [-0.39, 0.29) is 25.7 Å². The summed E-state index contributed by atoms with van der Waals surface area (Å²) in [6.45, 7) is 4.58. The first kappa shape index (κ1) is 99.2. The summed E-state index contributed by atoms with van der Waals surface area (Å²) in [6.07, 6.45) is 86.0. The van der Waals surface area contributed by atoms with Crippen molar-refractivity contribution in [3.8, 4) is 0 Å². The smallest absolute Gasteiger partial charge is 0.462 e. The maximum absolute atomic E-state index is 13.1. The lowest BCUT2D eigenvalue weighted by atomic mass is 10.0. The lowest BCUT2D eigenvalue weighted by Crippen LogP contribution is -2.30.